The summed E-state index contributed by atoms with van der Waals surface area (Å²) in [6.45, 7) is 2.44. The SMILES string of the molecule is Cc1occc1-c1nnc(SCCOc2ccccc2)n1N. The van der Waals surface area contributed by atoms with Gasteiger partial charge < -0.3 is 15.0 Å². The Morgan fingerprint density at radius 3 is 2.77 bits per heavy atom. The number of aryl methyl sites for hydroxylation is 1. The molecule has 2 N–H and O–H groups in total. The number of nitrogen functional groups attached to an aromatic ring is 1. The average molecular weight is 316 g/mol. The lowest BCUT2D eigenvalue weighted by molar-refractivity contribution is 0.344. The molecule has 0 saturated carbocycles. The van der Waals surface area contributed by atoms with Gasteiger partial charge in [-0.1, -0.05) is 30.0 Å². The Hall–Kier alpha value is -2.41. The van der Waals surface area contributed by atoms with Crippen molar-refractivity contribution in [2.24, 2.45) is 0 Å². The van der Waals surface area contributed by atoms with Crippen LogP contribution in [-0.4, -0.2) is 27.2 Å². The molecule has 0 aliphatic heterocycles. The second-order valence-electron chi connectivity index (χ2n) is 4.58. The molecule has 22 heavy (non-hydrogen) atoms. The van der Waals surface area contributed by atoms with Crippen molar-refractivity contribution in [3.05, 3.63) is 48.4 Å². The first-order chi connectivity index (χ1) is 10.8. The molecule has 0 bridgehead atoms. The smallest absolute Gasteiger partial charge is 0.210 e. The number of aromatic nitrogens is 3. The monoisotopic (exact) mass is 316 g/mol. The maximum absolute atomic E-state index is 6.05. The Kier molecular flexibility index (Phi) is 4.34. The molecular formula is C15H16N4O2S. The summed E-state index contributed by atoms with van der Waals surface area (Å²) in [6.07, 6.45) is 1.61. The highest BCUT2D eigenvalue weighted by Gasteiger charge is 2.15. The molecule has 0 fully saturated rings. The number of thioether (sulfide) groups is 1. The van der Waals surface area contributed by atoms with Crippen molar-refractivity contribution in [1.29, 1.82) is 0 Å². The molecule has 0 atom stereocenters. The molecule has 0 aliphatic carbocycles. The van der Waals surface area contributed by atoms with Crippen molar-refractivity contribution in [2.75, 3.05) is 18.2 Å². The molecule has 0 spiro atoms. The summed E-state index contributed by atoms with van der Waals surface area (Å²) in [4.78, 5) is 0. The summed E-state index contributed by atoms with van der Waals surface area (Å²) >= 11 is 1.50. The first-order valence-electron chi connectivity index (χ1n) is 6.81. The van der Waals surface area contributed by atoms with Crippen molar-refractivity contribution in [3.8, 4) is 17.1 Å². The molecule has 3 aromatic rings. The van der Waals surface area contributed by atoms with Gasteiger partial charge in [0.05, 0.1) is 18.4 Å². The predicted molar refractivity (Wildman–Crippen MR) is 85.3 cm³/mol. The predicted octanol–water partition coefficient (Wildman–Crippen LogP) is 2.73. The standard InChI is InChI=1S/C15H16N4O2S/c1-11-13(7-8-20-11)14-17-18-15(19(14)16)22-10-9-21-12-5-3-2-4-6-12/h2-8H,9-10,16H2,1H3. The van der Waals surface area contributed by atoms with Crippen LogP contribution in [0.25, 0.3) is 11.4 Å². The number of nitrogens with two attached hydrogens (primary N) is 1. The minimum absolute atomic E-state index is 0.571. The fraction of sp³-hybridized carbons (Fsp3) is 0.200. The molecule has 3 rings (SSSR count). The molecular weight excluding hydrogens is 300 g/mol. The zero-order valence-electron chi connectivity index (χ0n) is 12.1. The normalized spacial score (nSPS) is 10.8. The second kappa shape index (κ2) is 6.57. The molecule has 0 radical (unpaired) electrons. The lowest BCUT2D eigenvalue weighted by Gasteiger charge is -2.05. The Labute approximate surface area is 132 Å². The van der Waals surface area contributed by atoms with Crippen LogP contribution < -0.4 is 10.6 Å². The van der Waals surface area contributed by atoms with E-state index >= 15 is 0 Å². The summed E-state index contributed by atoms with van der Waals surface area (Å²) in [5, 5.41) is 8.88. The summed E-state index contributed by atoms with van der Waals surface area (Å²) in [5.41, 5.74) is 0.849. The summed E-state index contributed by atoms with van der Waals surface area (Å²) in [6, 6.07) is 11.5. The van der Waals surface area contributed by atoms with E-state index < -0.39 is 0 Å². The zero-order valence-corrected chi connectivity index (χ0v) is 12.9. The third kappa shape index (κ3) is 3.09. The quantitative estimate of drug-likeness (QED) is 0.428. The Morgan fingerprint density at radius 1 is 1.23 bits per heavy atom. The average Bonchev–Trinajstić information content (AvgIpc) is 3.11. The summed E-state index contributed by atoms with van der Waals surface area (Å²) < 4.78 is 12.4. The largest absolute Gasteiger partial charge is 0.493 e. The fourth-order valence-electron chi connectivity index (χ4n) is 1.99. The van der Waals surface area contributed by atoms with Gasteiger partial charge in [0.2, 0.25) is 5.16 Å². The van der Waals surface area contributed by atoms with Crippen LogP contribution in [0.4, 0.5) is 0 Å². The van der Waals surface area contributed by atoms with E-state index in [1.807, 2.05) is 43.3 Å². The molecule has 0 aliphatic rings. The molecule has 2 aromatic heterocycles. The van der Waals surface area contributed by atoms with E-state index in [1.54, 1.807) is 6.26 Å². The first kappa shape index (κ1) is 14.5. The van der Waals surface area contributed by atoms with E-state index in [4.69, 9.17) is 15.0 Å². The molecule has 1 aromatic carbocycles. The third-order valence-corrected chi connectivity index (χ3v) is 4.00. The minimum Gasteiger partial charge on any atom is -0.493 e. The maximum atomic E-state index is 6.05. The van der Waals surface area contributed by atoms with Crippen LogP contribution in [0, 0.1) is 6.92 Å². The van der Waals surface area contributed by atoms with Crippen LogP contribution in [0.1, 0.15) is 5.76 Å². The Balaban J connectivity index is 1.58. The minimum atomic E-state index is 0.571. The van der Waals surface area contributed by atoms with Crippen molar-refractivity contribution in [2.45, 2.75) is 12.1 Å². The lowest BCUT2D eigenvalue weighted by atomic mass is 10.2. The van der Waals surface area contributed by atoms with Crippen molar-refractivity contribution < 1.29 is 9.15 Å². The molecule has 2 heterocycles. The van der Waals surface area contributed by atoms with Crippen LogP contribution in [0.15, 0.2) is 52.2 Å². The molecule has 6 nitrogen and oxygen atoms in total. The molecule has 0 unspecified atom stereocenters. The Bertz CT molecular complexity index is 739. The number of rotatable bonds is 6. The number of hydrogen-bond acceptors (Lipinski definition) is 6. The molecule has 7 heteroatoms. The highest BCUT2D eigenvalue weighted by molar-refractivity contribution is 7.99. The van der Waals surface area contributed by atoms with Crippen molar-refractivity contribution in [3.63, 3.8) is 0 Å². The van der Waals surface area contributed by atoms with Gasteiger partial charge in [-0.05, 0) is 25.1 Å². The van der Waals surface area contributed by atoms with Gasteiger partial charge in [-0.2, -0.15) is 0 Å². The van der Waals surface area contributed by atoms with Crippen LogP contribution in [0.2, 0.25) is 0 Å². The highest BCUT2D eigenvalue weighted by Crippen LogP contribution is 2.24. The first-order valence-corrected chi connectivity index (χ1v) is 7.80. The number of hydrogen-bond donors (Lipinski definition) is 1. The topological polar surface area (TPSA) is 79.1 Å². The van der Waals surface area contributed by atoms with E-state index in [0.29, 0.717) is 17.6 Å². The van der Waals surface area contributed by atoms with Gasteiger partial charge in [-0.3, -0.25) is 0 Å². The summed E-state index contributed by atoms with van der Waals surface area (Å²) in [7, 11) is 0. The van der Waals surface area contributed by atoms with Gasteiger partial charge in [0.15, 0.2) is 5.82 Å². The van der Waals surface area contributed by atoms with Crippen LogP contribution in [0.5, 0.6) is 5.75 Å². The molecule has 114 valence electrons. The number of furan rings is 1. The molecule has 0 amide bonds. The van der Waals surface area contributed by atoms with Crippen LogP contribution in [0.3, 0.4) is 0 Å². The van der Waals surface area contributed by atoms with Gasteiger partial charge >= 0.3 is 0 Å². The van der Waals surface area contributed by atoms with Crippen LogP contribution >= 0.6 is 11.8 Å². The van der Waals surface area contributed by atoms with Gasteiger partial charge in [-0.25, -0.2) is 4.68 Å². The maximum Gasteiger partial charge on any atom is 0.210 e. The highest BCUT2D eigenvalue weighted by atomic mass is 32.2. The number of benzene rings is 1. The van der Waals surface area contributed by atoms with E-state index in [1.165, 1.54) is 16.4 Å². The number of para-hydroxylation sites is 1. The van der Waals surface area contributed by atoms with Gasteiger partial charge in [0, 0.05) is 5.75 Å². The molecule has 0 saturated heterocycles. The van der Waals surface area contributed by atoms with E-state index in [0.717, 1.165) is 22.8 Å². The zero-order chi connectivity index (χ0) is 15.4. The summed E-state index contributed by atoms with van der Waals surface area (Å²) in [5.74, 6) is 8.99. The third-order valence-electron chi connectivity index (χ3n) is 3.09. The van der Waals surface area contributed by atoms with Gasteiger partial charge in [0.25, 0.3) is 0 Å². The number of ether oxygens (including phenoxy) is 1. The second-order valence-corrected chi connectivity index (χ2v) is 5.64. The van der Waals surface area contributed by atoms with Gasteiger partial charge in [-0.15, -0.1) is 10.2 Å². The van der Waals surface area contributed by atoms with Gasteiger partial charge in [0.1, 0.15) is 11.5 Å². The van der Waals surface area contributed by atoms with Crippen molar-refractivity contribution >= 4 is 11.8 Å². The Morgan fingerprint density at radius 2 is 2.05 bits per heavy atom. The van der Waals surface area contributed by atoms with Crippen LogP contribution in [-0.2, 0) is 0 Å². The van der Waals surface area contributed by atoms with Crippen molar-refractivity contribution in [1.82, 2.24) is 14.9 Å². The van der Waals surface area contributed by atoms with E-state index in [-0.39, 0.29) is 0 Å². The van der Waals surface area contributed by atoms with E-state index in [2.05, 4.69) is 10.2 Å². The van der Waals surface area contributed by atoms with E-state index in [9.17, 15) is 0 Å². The number of nitrogens with zero attached hydrogens (tertiary/aromatic N) is 3. The fourth-order valence-corrected chi connectivity index (χ4v) is 2.66. The lowest BCUT2D eigenvalue weighted by Crippen LogP contribution is -2.12.